The number of nitrogens with one attached hydrogen (secondary N) is 2. The van der Waals surface area contributed by atoms with Gasteiger partial charge >= 0.3 is 0 Å². The van der Waals surface area contributed by atoms with Gasteiger partial charge in [0.1, 0.15) is 5.92 Å². The summed E-state index contributed by atoms with van der Waals surface area (Å²) in [4.78, 5) is 29.8. The lowest BCUT2D eigenvalue weighted by atomic mass is 10.1. The molecule has 1 atom stereocenters. The highest BCUT2D eigenvalue weighted by atomic mass is 16.5. The van der Waals surface area contributed by atoms with Gasteiger partial charge in [0.2, 0.25) is 11.8 Å². The Labute approximate surface area is 130 Å². The van der Waals surface area contributed by atoms with E-state index in [9.17, 15) is 9.59 Å². The van der Waals surface area contributed by atoms with Crippen LogP contribution in [0.25, 0.3) is 0 Å². The Morgan fingerprint density at radius 2 is 2.18 bits per heavy atom. The number of anilines is 1. The number of amides is 2. The van der Waals surface area contributed by atoms with Gasteiger partial charge in [-0.25, -0.2) is 0 Å². The highest BCUT2D eigenvalue weighted by molar-refractivity contribution is 6.01. The number of hydrogen-bond donors (Lipinski definition) is 2. The Bertz CT molecular complexity index is 495. The lowest BCUT2D eigenvalue weighted by molar-refractivity contribution is -0.137. The molecule has 1 aromatic rings. The first kappa shape index (κ1) is 16.2. The predicted molar refractivity (Wildman–Crippen MR) is 82.3 cm³/mol. The van der Waals surface area contributed by atoms with E-state index in [1.54, 1.807) is 24.4 Å². The van der Waals surface area contributed by atoms with Gasteiger partial charge in [-0.3, -0.25) is 14.6 Å². The van der Waals surface area contributed by atoms with Crippen molar-refractivity contribution in [3.63, 3.8) is 0 Å². The Kier molecular flexibility index (Phi) is 6.14. The van der Waals surface area contributed by atoms with Crippen LogP contribution in [-0.4, -0.2) is 61.6 Å². The average Bonchev–Trinajstić information content (AvgIpc) is 2.90. The van der Waals surface area contributed by atoms with Crippen LogP contribution >= 0.6 is 0 Å². The first-order valence-corrected chi connectivity index (χ1v) is 7.41. The van der Waals surface area contributed by atoms with Gasteiger partial charge in [0.25, 0.3) is 0 Å². The van der Waals surface area contributed by atoms with Crippen LogP contribution in [0.5, 0.6) is 0 Å². The molecule has 1 aliphatic heterocycles. The second-order valence-electron chi connectivity index (χ2n) is 5.11. The number of rotatable bonds is 8. The lowest BCUT2D eigenvalue weighted by Crippen LogP contribution is -2.39. The van der Waals surface area contributed by atoms with Crippen LogP contribution in [0.4, 0.5) is 5.69 Å². The molecule has 0 aliphatic carbocycles. The van der Waals surface area contributed by atoms with Gasteiger partial charge in [-0.1, -0.05) is 0 Å². The van der Waals surface area contributed by atoms with Crippen LogP contribution < -0.4 is 10.6 Å². The molecular weight excluding hydrogens is 284 g/mol. The van der Waals surface area contributed by atoms with Crippen molar-refractivity contribution in [2.75, 3.05) is 45.2 Å². The lowest BCUT2D eigenvalue weighted by Gasteiger charge is -2.17. The van der Waals surface area contributed by atoms with Crippen LogP contribution in [0.15, 0.2) is 24.5 Å². The molecule has 1 unspecified atom stereocenters. The highest BCUT2D eigenvalue weighted by Gasteiger charge is 2.36. The SMILES string of the molecule is COCCNC(=O)C1CCN(CCNc2ccncc2)C1=O. The van der Waals surface area contributed by atoms with E-state index in [0.717, 1.165) is 5.69 Å². The molecule has 2 heterocycles. The Balaban J connectivity index is 1.73. The smallest absolute Gasteiger partial charge is 0.235 e. The molecule has 7 nitrogen and oxygen atoms in total. The van der Waals surface area contributed by atoms with Crippen LogP contribution in [0.2, 0.25) is 0 Å². The zero-order valence-electron chi connectivity index (χ0n) is 12.7. The summed E-state index contributed by atoms with van der Waals surface area (Å²) >= 11 is 0. The third-order valence-corrected chi connectivity index (χ3v) is 3.61. The van der Waals surface area contributed by atoms with Gasteiger partial charge in [0.05, 0.1) is 6.61 Å². The fraction of sp³-hybridized carbons (Fsp3) is 0.533. The molecule has 0 radical (unpaired) electrons. The summed E-state index contributed by atoms with van der Waals surface area (Å²) in [6.45, 7) is 2.74. The maximum absolute atomic E-state index is 12.2. The maximum atomic E-state index is 12.2. The molecule has 120 valence electrons. The molecule has 1 aliphatic rings. The van der Waals surface area contributed by atoms with Gasteiger partial charge in [0, 0.05) is 51.4 Å². The fourth-order valence-corrected chi connectivity index (χ4v) is 2.41. The van der Waals surface area contributed by atoms with E-state index in [1.165, 1.54) is 0 Å². The van der Waals surface area contributed by atoms with Crippen molar-refractivity contribution < 1.29 is 14.3 Å². The summed E-state index contributed by atoms with van der Waals surface area (Å²) in [5.74, 6) is -0.851. The van der Waals surface area contributed by atoms with Crippen LogP contribution in [0.3, 0.4) is 0 Å². The zero-order valence-corrected chi connectivity index (χ0v) is 12.7. The van der Waals surface area contributed by atoms with Crippen molar-refractivity contribution in [3.8, 4) is 0 Å². The third kappa shape index (κ3) is 4.42. The Hall–Kier alpha value is -2.15. The van der Waals surface area contributed by atoms with Gasteiger partial charge in [-0.2, -0.15) is 0 Å². The van der Waals surface area contributed by atoms with E-state index in [1.807, 2.05) is 12.1 Å². The number of methoxy groups -OCH3 is 1. The molecule has 1 aromatic heterocycles. The largest absolute Gasteiger partial charge is 0.383 e. The molecule has 7 heteroatoms. The van der Waals surface area contributed by atoms with Crippen LogP contribution in [0, 0.1) is 5.92 Å². The van der Waals surface area contributed by atoms with E-state index < -0.39 is 5.92 Å². The maximum Gasteiger partial charge on any atom is 0.235 e. The Morgan fingerprint density at radius 1 is 1.41 bits per heavy atom. The van der Waals surface area contributed by atoms with Crippen molar-refractivity contribution in [2.24, 2.45) is 5.92 Å². The standard InChI is InChI=1S/C15H22N4O3/c1-22-11-8-18-14(20)13-4-9-19(15(13)21)10-7-17-12-2-5-16-6-3-12/h2-3,5-6,13H,4,7-11H2,1H3,(H,16,17)(H,18,20). The van der Waals surface area contributed by atoms with Crippen LogP contribution in [-0.2, 0) is 14.3 Å². The quantitative estimate of drug-likeness (QED) is 0.526. The second kappa shape index (κ2) is 8.33. The van der Waals surface area contributed by atoms with Crippen molar-refractivity contribution >= 4 is 17.5 Å². The topological polar surface area (TPSA) is 83.6 Å². The zero-order chi connectivity index (χ0) is 15.8. The molecule has 0 spiro atoms. The van der Waals surface area contributed by atoms with E-state index in [4.69, 9.17) is 4.74 Å². The van der Waals surface area contributed by atoms with Crippen molar-refractivity contribution in [3.05, 3.63) is 24.5 Å². The van der Waals surface area contributed by atoms with Gasteiger partial charge in [-0.05, 0) is 18.6 Å². The number of nitrogens with zero attached hydrogens (tertiary/aromatic N) is 2. The monoisotopic (exact) mass is 306 g/mol. The fourth-order valence-electron chi connectivity index (χ4n) is 2.41. The van der Waals surface area contributed by atoms with Crippen LogP contribution in [0.1, 0.15) is 6.42 Å². The minimum atomic E-state index is -0.558. The molecular formula is C15H22N4O3. The highest BCUT2D eigenvalue weighted by Crippen LogP contribution is 2.18. The van der Waals surface area contributed by atoms with E-state index in [0.29, 0.717) is 39.2 Å². The molecule has 1 saturated heterocycles. The van der Waals surface area contributed by atoms with E-state index in [2.05, 4.69) is 15.6 Å². The molecule has 2 amide bonds. The molecule has 2 rings (SSSR count). The number of pyridine rings is 1. The summed E-state index contributed by atoms with van der Waals surface area (Å²) in [7, 11) is 1.57. The summed E-state index contributed by atoms with van der Waals surface area (Å²) in [5.41, 5.74) is 0.968. The molecule has 2 N–H and O–H groups in total. The molecule has 1 fully saturated rings. The minimum Gasteiger partial charge on any atom is -0.383 e. The number of carbonyl (C=O) groups is 2. The predicted octanol–water partition coefficient (Wildman–Crippen LogP) is 0.105. The Morgan fingerprint density at radius 3 is 2.91 bits per heavy atom. The molecule has 0 bridgehead atoms. The summed E-state index contributed by atoms with van der Waals surface area (Å²) in [5, 5.41) is 5.95. The van der Waals surface area contributed by atoms with E-state index in [-0.39, 0.29) is 11.8 Å². The second-order valence-corrected chi connectivity index (χ2v) is 5.11. The summed E-state index contributed by atoms with van der Waals surface area (Å²) in [6.07, 6.45) is 4.00. The van der Waals surface area contributed by atoms with Crippen molar-refractivity contribution in [2.45, 2.75) is 6.42 Å². The van der Waals surface area contributed by atoms with Gasteiger partial charge in [-0.15, -0.1) is 0 Å². The number of aromatic nitrogens is 1. The normalized spacial score (nSPS) is 17.6. The van der Waals surface area contributed by atoms with E-state index >= 15 is 0 Å². The minimum absolute atomic E-state index is 0.0913. The van der Waals surface area contributed by atoms with Crippen molar-refractivity contribution in [1.29, 1.82) is 0 Å². The van der Waals surface area contributed by atoms with Gasteiger partial charge in [0.15, 0.2) is 0 Å². The number of likely N-dealkylation sites (tertiary alicyclic amines) is 1. The average molecular weight is 306 g/mol. The first-order valence-electron chi connectivity index (χ1n) is 7.41. The third-order valence-electron chi connectivity index (χ3n) is 3.61. The number of carbonyl (C=O) groups excluding carboxylic acids is 2. The summed E-state index contributed by atoms with van der Waals surface area (Å²) < 4.78 is 4.88. The first-order chi connectivity index (χ1) is 10.7. The van der Waals surface area contributed by atoms with Gasteiger partial charge < -0.3 is 20.3 Å². The molecule has 0 saturated carbocycles. The number of ether oxygens (including phenoxy) is 1. The summed E-state index contributed by atoms with van der Waals surface area (Å²) in [6, 6.07) is 3.75. The molecule has 22 heavy (non-hydrogen) atoms. The molecule has 0 aromatic carbocycles. The number of hydrogen-bond acceptors (Lipinski definition) is 5. The van der Waals surface area contributed by atoms with Crippen molar-refractivity contribution in [1.82, 2.24) is 15.2 Å².